The lowest BCUT2D eigenvalue weighted by Gasteiger charge is -2.17. The van der Waals surface area contributed by atoms with E-state index in [9.17, 15) is 18.0 Å². The molecule has 3 rings (SSSR count). The molecule has 9 heteroatoms. The summed E-state index contributed by atoms with van der Waals surface area (Å²) in [6.45, 7) is 0.0801. The number of amides is 1. The number of benzene rings is 1. The van der Waals surface area contributed by atoms with E-state index in [4.69, 9.17) is 17.3 Å². The Labute approximate surface area is 133 Å². The zero-order chi connectivity index (χ0) is 16.8. The number of fused-ring (bicyclic) bond motifs is 1. The van der Waals surface area contributed by atoms with Crippen LogP contribution in [-0.4, -0.2) is 15.9 Å². The van der Waals surface area contributed by atoms with E-state index in [0.717, 1.165) is 12.1 Å². The normalized spacial score (nSPS) is 14.3. The first-order valence-electron chi connectivity index (χ1n) is 6.54. The maximum atomic E-state index is 12.6. The van der Waals surface area contributed by atoms with Crippen molar-refractivity contribution in [2.45, 2.75) is 19.1 Å². The molecule has 5 nitrogen and oxygen atoms in total. The van der Waals surface area contributed by atoms with Crippen LogP contribution in [0.5, 0.6) is 0 Å². The van der Waals surface area contributed by atoms with Gasteiger partial charge in [-0.2, -0.15) is 18.2 Å². The Kier molecular flexibility index (Phi) is 3.63. The van der Waals surface area contributed by atoms with Crippen LogP contribution in [0.25, 0.3) is 0 Å². The average molecular weight is 343 g/mol. The van der Waals surface area contributed by atoms with Crippen molar-refractivity contribution in [2.75, 3.05) is 10.6 Å². The van der Waals surface area contributed by atoms with Gasteiger partial charge in [0, 0.05) is 5.56 Å². The van der Waals surface area contributed by atoms with Gasteiger partial charge >= 0.3 is 6.18 Å². The minimum Gasteiger partial charge on any atom is -0.368 e. The fourth-order valence-corrected chi connectivity index (χ4v) is 2.58. The molecule has 2 N–H and O–H groups in total. The van der Waals surface area contributed by atoms with Crippen molar-refractivity contribution >= 4 is 29.3 Å². The molecule has 1 amide bonds. The van der Waals surface area contributed by atoms with Gasteiger partial charge in [0.05, 0.1) is 18.5 Å². The van der Waals surface area contributed by atoms with Crippen LogP contribution in [0.15, 0.2) is 24.3 Å². The number of nitrogens with zero attached hydrogens (tertiary/aromatic N) is 3. The molecule has 0 saturated heterocycles. The van der Waals surface area contributed by atoms with Crippen molar-refractivity contribution in [1.82, 2.24) is 9.97 Å². The molecule has 0 spiro atoms. The minimum atomic E-state index is -4.40. The highest BCUT2D eigenvalue weighted by atomic mass is 35.5. The third-order valence-electron chi connectivity index (χ3n) is 3.46. The molecule has 120 valence electrons. The predicted molar refractivity (Wildman–Crippen MR) is 77.8 cm³/mol. The van der Waals surface area contributed by atoms with Crippen LogP contribution < -0.4 is 10.6 Å². The second-order valence-electron chi connectivity index (χ2n) is 5.03. The van der Waals surface area contributed by atoms with E-state index in [-0.39, 0.29) is 30.0 Å². The first-order valence-corrected chi connectivity index (χ1v) is 6.92. The zero-order valence-electron chi connectivity index (χ0n) is 11.6. The van der Waals surface area contributed by atoms with Crippen LogP contribution in [0.3, 0.4) is 0 Å². The van der Waals surface area contributed by atoms with Gasteiger partial charge in [0.1, 0.15) is 11.0 Å². The fourth-order valence-electron chi connectivity index (χ4n) is 2.35. The third kappa shape index (κ3) is 2.94. The number of nitrogen functional groups attached to an aromatic ring is 1. The summed E-state index contributed by atoms with van der Waals surface area (Å²) >= 11 is 5.94. The SMILES string of the molecule is Nc1nc(Cl)c2c(n1)N(Cc1ccc(C(F)(F)F)cc1)C(=O)C2. The van der Waals surface area contributed by atoms with Crippen molar-refractivity contribution in [2.24, 2.45) is 0 Å². The van der Waals surface area contributed by atoms with Gasteiger partial charge in [-0.3, -0.25) is 9.69 Å². The number of nitrogens with two attached hydrogens (primary N) is 1. The van der Waals surface area contributed by atoms with Crippen LogP contribution in [0, 0.1) is 0 Å². The second kappa shape index (κ2) is 5.38. The van der Waals surface area contributed by atoms with Gasteiger partial charge in [0.25, 0.3) is 0 Å². The molecule has 1 aliphatic heterocycles. The third-order valence-corrected chi connectivity index (χ3v) is 3.77. The lowest BCUT2D eigenvalue weighted by molar-refractivity contribution is -0.137. The summed E-state index contributed by atoms with van der Waals surface area (Å²) in [4.78, 5) is 21.2. The number of alkyl halides is 3. The molecule has 2 aromatic rings. The van der Waals surface area contributed by atoms with Crippen molar-refractivity contribution < 1.29 is 18.0 Å². The molecule has 23 heavy (non-hydrogen) atoms. The van der Waals surface area contributed by atoms with Crippen molar-refractivity contribution in [1.29, 1.82) is 0 Å². The molecular weight excluding hydrogens is 333 g/mol. The maximum absolute atomic E-state index is 12.6. The van der Waals surface area contributed by atoms with Gasteiger partial charge in [0.2, 0.25) is 11.9 Å². The van der Waals surface area contributed by atoms with Crippen molar-refractivity contribution in [3.05, 3.63) is 46.1 Å². The molecule has 0 saturated carbocycles. The predicted octanol–water partition coefficient (Wildman–Crippen LogP) is 2.82. The molecule has 0 bridgehead atoms. The second-order valence-corrected chi connectivity index (χ2v) is 5.38. The molecule has 0 fully saturated rings. The lowest BCUT2D eigenvalue weighted by Crippen LogP contribution is -2.26. The van der Waals surface area contributed by atoms with E-state index in [2.05, 4.69) is 9.97 Å². The number of aromatic nitrogens is 2. The molecule has 0 unspecified atom stereocenters. The number of halogens is 4. The number of hydrogen-bond acceptors (Lipinski definition) is 4. The number of anilines is 2. The molecule has 1 aliphatic rings. The Morgan fingerprint density at radius 1 is 1.22 bits per heavy atom. The summed E-state index contributed by atoms with van der Waals surface area (Å²) in [5.41, 5.74) is 5.79. The Morgan fingerprint density at radius 3 is 2.48 bits per heavy atom. The van der Waals surface area contributed by atoms with E-state index in [1.807, 2.05) is 0 Å². The van der Waals surface area contributed by atoms with E-state index in [1.54, 1.807) is 0 Å². The molecule has 0 radical (unpaired) electrons. The summed E-state index contributed by atoms with van der Waals surface area (Å²) in [6.07, 6.45) is -4.36. The first-order chi connectivity index (χ1) is 10.8. The Bertz CT molecular complexity index is 777. The van der Waals surface area contributed by atoms with E-state index < -0.39 is 11.7 Å². The number of hydrogen-bond donors (Lipinski definition) is 1. The zero-order valence-corrected chi connectivity index (χ0v) is 12.3. The minimum absolute atomic E-state index is 0.0368. The van der Waals surface area contributed by atoms with Crippen LogP contribution in [0.2, 0.25) is 5.15 Å². The standard InChI is InChI=1S/C14H10ClF3N4O/c15-11-9-5-10(23)22(12(9)21-13(19)20-11)6-7-1-3-8(4-2-7)14(16,17)18/h1-4H,5-6H2,(H2,19,20,21). The summed E-state index contributed by atoms with van der Waals surface area (Å²) < 4.78 is 37.7. The maximum Gasteiger partial charge on any atom is 0.416 e. The lowest BCUT2D eigenvalue weighted by atomic mass is 10.1. The number of carbonyl (C=O) groups excluding carboxylic acids is 1. The summed E-state index contributed by atoms with van der Waals surface area (Å²) in [5.74, 6) is -0.0324. The monoisotopic (exact) mass is 342 g/mol. The number of carbonyl (C=O) groups is 1. The van der Waals surface area contributed by atoms with E-state index in [1.165, 1.54) is 17.0 Å². The van der Waals surface area contributed by atoms with Crippen LogP contribution in [0.4, 0.5) is 24.9 Å². The van der Waals surface area contributed by atoms with Crippen LogP contribution >= 0.6 is 11.6 Å². The molecule has 1 aromatic carbocycles. The van der Waals surface area contributed by atoms with Gasteiger partial charge in [0.15, 0.2) is 0 Å². The quantitative estimate of drug-likeness (QED) is 0.852. The van der Waals surface area contributed by atoms with Gasteiger partial charge in [-0.25, -0.2) is 4.98 Å². The van der Waals surface area contributed by atoms with Crippen molar-refractivity contribution in [3.63, 3.8) is 0 Å². The van der Waals surface area contributed by atoms with E-state index in [0.29, 0.717) is 16.9 Å². The highest BCUT2D eigenvalue weighted by Gasteiger charge is 2.33. The molecule has 0 atom stereocenters. The summed E-state index contributed by atoms with van der Waals surface area (Å²) in [6, 6.07) is 4.58. The van der Waals surface area contributed by atoms with Gasteiger partial charge in [-0.15, -0.1) is 0 Å². The average Bonchev–Trinajstić information content (AvgIpc) is 2.76. The fraction of sp³-hybridized carbons (Fsp3) is 0.214. The largest absolute Gasteiger partial charge is 0.416 e. The van der Waals surface area contributed by atoms with Crippen LogP contribution in [0.1, 0.15) is 16.7 Å². The highest BCUT2D eigenvalue weighted by molar-refractivity contribution is 6.31. The molecule has 0 aliphatic carbocycles. The highest BCUT2D eigenvalue weighted by Crippen LogP contribution is 2.34. The van der Waals surface area contributed by atoms with Crippen molar-refractivity contribution in [3.8, 4) is 0 Å². The summed E-state index contributed by atoms with van der Waals surface area (Å²) in [7, 11) is 0. The van der Waals surface area contributed by atoms with E-state index >= 15 is 0 Å². The first kappa shape index (κ1) is 15.5. The molecular formula is C14H10ClF3N4O. The Hall–Kier alpha value is -2.35. The van der Waals surface area contributed by atoms with Gasteiger partial charge < -0.3 is 5.73 Å². The summed E-state index contributed by atoms with van der Waals surface area (Å²) in [5, 5.41) is 0.107. The molecule has 1 aromatic heterocycles. The Morgan fingerprint density at radius 2 is 1.87 bits per heavy atom. The van der Waals surface area contributed by atoms with Crippen LogP contribution in [-0.2, 0) is 23.9 Å². The number of rotatable bonds is 2. The smallest absolute Gasteiger partial charge is 0.368 e. The topological polar surface area (TPSA) is 72.1 Å². The van der Waals surface area contributed by atoms with Gasteiger partial charge in [-0.1, -0.05) is 23.7 Å². The Balaban J connectivity index is 1.89. The van der Waals surface area contributed by atoms with Gasteiger partial charge in [-0.05, 0) is 17.7 Å². The molecule has 2 heterocycles.